The molecular formula is C80H81NO2. The molecule has 0 amide bonds. The van der Waals surface area contributed by atoms with Gasteiger partial charge in [-0.15, -0.1) is 0 Å². The van der Waals surface area contributed by atoms with Crippen LogP contribution in [-0.4, -0.2) is 0 Å². The summed E-state index contributed by atoms with van der Waals surface area (Å²) in [7, 11) is 0. The molecule has 0 aliphatic carbocycles. The summed E-state index contributed by atoms with van der Waals surface area (Å²) in [6, 6.07) is 80.4. The zero-order chi connectivity index (χ0) is 58.8. The fourth-order valence-electron chi connectivity index (χ4n) is 11.3. The Morgan fingerprint density at radius 1 is 0.301 bits per heavy atom. The van der Waals surface area contributed by atoms with Crippen LogP contribution in [-0.2, 0) is 27.1 Å². The molecule has 3 nitrogen and oxygen atoms in total. The minimum atomic E-state index is -0.108. The van der Waals surface area contributed by atoms with Crippen molar-refractivity contribution >= 4 is 39.0 Å². The molecule has 1 heterocycles. The smallest absolute Gasteiger partial charge is 0.145 e. The van der Waals surface area contributed by atoms with Gasteiger partial charge < -0.3 is 14.1 Å². The predicted octanol–water partition coefficient (Wildman–Crippen LogP) is 23.7. The lowest BCUT2D eigenvalue weighted by Gasteiger charge is -2.32. The second-order valence-corrected chi connectivity index (χ2v) is 28.0. The number of para-hydroxylation sites is 1. The molecule has 0 bridgehead atoms. The Labute approximate surface area is 494 Å². The molecule has 0 saturated heterocycles. The Morgan fingerprint density at radius 2 is 0.759 bits per heavy atom. The summed E-state index contributed by atoms with van der Waals surface area (Å²) >= 11 is 0. The first-order valence-electron chi connectivity index (χ1n) is 29.6. The van der Waals surface area contributed by atoms with E-state index in [1.165, 1.54) is 33.4 Å². The van der Waals surface area contributed by atoms with E-state index in [2.05, 4.69) is 327 Å². The number of ether oxygens (including phenoxy) is 1. The van der Waals surface area contributed by atoms with Gasteiger partial charge in [0, 0.05) is 33.7 Å². The van der Waals surface area contributed by atoms with E-state index in [4.69, 9.17) is 9.15 Å². The van der Waals surface area contributed by atoms with Gasteiger partial charge in [-0.3, -0.25) is 0 Å². The lowest BCUT2D eigenvalue weighted by atomic mass is 9.79. The van der Waals surface area contributed by atoms with Crippen LogP contribution in [0.1, 0.15) is 132 Å². The standard InChI is InChI=1S/C80H81NO2/c1-76(2,3)60-37-33-52(34-38-60)56-29-24-30-65(45-56)81(74-70(54-25-18-16-19-26-54)51-71-69-31-22-23-32-72(69)83-75(71)73(74)55-27-20-17-21-28-55)66-46-59(58-43-63(79(10,11)12)49-64(44-58)80(13,14)15)47-68(50-66)82-67-39-35-53(36-40-67)57-41-61(77(4,5)6)48-62(42-57)78(7,8)9/h16-51H,1-15H3. The monoisotopic (exact) mass is 1090 g/mol. The van der Waals surface area contributed by atoms with Crippen LogP contribution in [0, 0.1) is 0 Å². The SMILES string of the molecule is CC(C)(C)c1ccc(-c2cccc(N(c3cc(Oc4ccc(-c5cc(C(C)(C)C)cc(C(C)(C)C)c5)cc4)cc(-c4cc(C(C)(C)C)cc(C(C)(C)C)c4)c3)c3c(-c4ccccc4)cc4c(oc5ccccc54)c3-c3ccccc3)c2)cc1. The topological polar surface area (TPSA) is 25.6 Å². The number of nitrogens with zero attached hydrogens (tertiary/aromatic N) is 1. The third kappa shape index (κ3) is 11.8. The molecule has 0 aliphatic heterocycles. The number of anilines is 3. The van der Waals surface area contributed by atoms with Gasteiger partial charge in [0.25, 0.3) is 0 Å². The molecule has 83 heavy (non-hydrogen) atoms. The van der Waals surface area contributed by atoms with Crippen LogP contribution in [0.25, 0.3) is 77.6 Å². The fourth-order valence-corrected chi connectivity index (χ4v) is 11.3. The number of hydrogen-bond donors (Lipinski definition) is 0. The van der Waals surface area contributed by atoms with Crippen LogP contribution in [0.3, 0.4) is 0 Å². The van der Waals surface area contributed by atoms with E-state index in [0.29, 0.717) is 0 Å². The first kappa shape index (κ1) is 56.5. The van der Waals surface area contributed by atoms with Crippen molar-refractivity contribution in [2.24, 2.45) is 0 Å². The van der Waals surface area contributed by atoms with Crippen molar-refractivity contribution in [2.75, 3.05) is 4.90 Å². The van der Waals surface area contributed by atoms with Gasteiger partial charge in [0.15, 0.2) is 0 Å². The van der Waals surface area contributed by atoms with E-state index < -0.39 is 0 Å². The van der Waals surface area contributed by atoms with E-state index >= 15 is 0 Å². The number of benzene rings is 10. The largest absolute Gasteiger partial charge is 0.457 e. The highest BCUT2D eigenvalue weighted by atomic mass is 16.5. The van der Waals surface area contributed by atoms with E-state index in [0.717, 1.165) is 101 Å². The second-order valence-electron chi connectivity index (χ2n) is 28.0. The summed E-state index contributed by atoms with van der Waals surface area (Å²) in [6.07, 6.45) is 0. The quantitative estimate of drug-likeness (QED) is 0.136. The molecule has 0 saturated carbocycles. The summed E-state index contributed by atoms with van der Waals surface area (Å²) in [5, 5.41) is 2.13. The van der Waals surface area contributed by atoms with E-state index in [1.807, 2.05) is 0 Å². The molecule has 10 aromatic carbocycles. The molecule has 0 radical (unpaired) electrons. The summed E-state index contributed by atoms with van der Waals surface area (Å²) in [6.45, 7) is 34.5. The maximum absolute atomic E-state index is 7.27. The van der Waals surface area contributed by atoms with Crippen LogP contribution in [0.5, 0.6) is 11.5 Å². The van der Waals surface area contributed by atoms with Crippen LogP contribution in [0.2, 0.25) is 0 Å². The molecular weight excluding hydrogens is 1010 g/mol. The van der Waals surface area contributed by atoms with Crippen molar-refractivity contribution in [3.8, 4) is 67.1 Å². The van der Waals surface area contributed by atoms with Crippen molar-refractivity contribution < 1.29 is 9.15 Å². The fraction of sp³-hybridized carbons (Fsp3) is 0.250. The Hall–Kier alpha value is -8.40. The van der Waals surface area contributed by atoms with Crippen molar-refractivity contribution in [1.29, 1.82) is 0 Å². The lowest BCUT2D eigenvalue weighted by Crippen LogP contribution is -2.16. The average molecular weight is 1090 g/mol. The molecule has 1 aromatic heterocycles. The molecule has 0 spiro atoms. The predicted molar refractivity (Wildman–Crippen MR) is 356 cm³/mol. The van der Waals surface area contributed by atoms with E-state index in [9.17, 15) is 0 Å². The van der Waals surface area contributed by atoms with Crippen LogP contribution >= 0.6 is 0 Å². The summed E-state index contributed by atoms with van der Waals surface area (Å²) < 4.78 is 14.4. The third-order valence-electron chi connectivity index (χ3n) is 16.4. The highest BCUT2D eigenvalue weighted by molar-refractivity contribution is 6.17. The zero-order valence-corrected chi connectivity index (χ0v) is 51.5. The van der Waals surface area contributed by atoms with E-state index in [-0.39, 0.29) is 27.1 Å². The number of hydrogen-bond acceptors (Lipinski definition) is 3. The van der Waals surface area contributed by atoms with Gasteiger partial charge >= 0.3 is 0 Å². The number of fused-ring (bicyclic) bond motifs is 3. The second kappa shape index (κ2) is 21.4. The van der Waals surface area contributed by atoms with Gasteiger partial charge in [-0.2, -0.15) is 0 Å². The molecule has 0 atom stereocenters. The van der Waals surface area contributed by atoms with E-state index in [1.54, 1.807) is 0 Å². The van der Waals surface area contributed by atoms with Crippen molar-refractivity contribution in [3.05, 3.63) is 246 Å². The Bertz CT molecular complexity index is 4080. The minimum absolute atomic E-state index is 0.00370. The molecule has 0 unspecified atom stereocenters. The van der Waals surface area contributed by atoms with Gasteiger partial charge in [0.1, 0.15) is 22.7 Å². The summed E-state index contributed by atoms with van der Waals surface area (Å²) in [5.41, 5.74) is 21.9. The average Bonchev–Trinajstić information content (AvgIpc) is 2.00. The van der Waals surface area contributed by atoms with Gasteiger partial charge in [-0.05, 0) is 148 Å². The summed E-state index contributed by atoms with van der Waals surface area (Å²) in [4.78, 5) is 2.47. The molecule has 0 aliphatic rings. The van der Waals surface area contributed by atoms with Crippen LogP contribution < -0.4 is 9.64 Å². The van der Waals surface area contributed by atoms with Crippen LogP contribution in [0.4, 0.5) is 17.1 Å². The van der Waals surface area contributed by atoms with Crippen molar-refractivity contribution in [3.63, 3.8) is 0 Å². The third-order valence-corrected chi connectivity index (χ3v) is 16.4. The maximum atomic E-state index is 7.27. The lowest BCUT2D eigenvalue weighted by molar-refractivity contribution is 0.483. The van der Waals surface area contributed by atoms with Crippen molar-refractivity contribution in [1.82, 2.24) is 0 Å². The van der Waals surface area contributed by atoms with Gasteiger partial charge in [-0.1, -0.05) is 268 Å². The summed E-state index contributed by atoms with van der Waals surface area (Å²) in [5.74, 6) is 1.48. The van der Waals surface area contributed by atoms with Gasteiger partial charge in [0.05, 0.1) is 11.4 Å². The highest BCUT2D eigenvalue weighted by Gasteiger charge is 2.30. The van der Waals surface area contributed by atoms with Gasteiger partial charge in [-0.25, -0.2) is 0 Å². The Kier molecular flexibility index (Phi) is 14.6. The highest BCUT2D eigenvalue weighted by Crippen LogP contribution is 2.53. The Morgan fingerprint density at radius 3 is 1.31 bits per heavy atom. The minimum Gasteiger partial charge on any atom is -0.457 e. The maximum Gasteiger partial charge on any atom is 0.145 e. The molecule has 11 aromatic rings. The molecule has 0 fully saturated rings. The van der Waals surface area contributed by atoms with Crippen molar-refractivity contribution in [2.45, 2.75) is 131 Å². The van der Waals surface area contributed by atoms with Crippen LogP contribution in [0.15, 0.2) is 223 Å². The molecule has 3 heteroatoms. The normalized spacial score (nSPS) is 12.5. The Balaban J connectivity index is 1.21. The first-order valence-corrected chi connectivity index (χ1v) is 29.6. The molecule has 418 valence electrons. The van der Waals surface area contributed by atoms with Gasteiger partial charge in [0.2, 0.25) is 0 Å². The molecule has 11 rings (SSSR count). The first-order chi connectivity index (χ1) is 39.3. The number of furan rings is 1. The number of rotatable bonds is 10. The zero-order valence-electron chi connectivity index (χ0n) is 51.5. The molecule has 0 N–H and O–H groups in total.